The Morgan fingerprint density at radius 1 is 0.893 bits per heavy atom. The lowest BCUT2D eigenvalue weighted by molar-refractivity contribution is -0.147. The third-order valence-electron chi connectivity index (χ3n) is 3.79. The van der Waals surface area contributed by atoms with Crippen molar-refractivity contribution < 1.29 is 19.1 Å². The first kappa shape index (κ1) is 21.7. The molecule has 2 N–H and O–H groups in total. The van der Waals surface area contributed by atoms with Gasteiger partial charge in [-0.25, -0.2) is 0 Å². The first-order chi connectivity index (χ1) is 13.2. The Hall–Kier alpha value is -2.57. The van der Waals surface area contributed by atoms with E-state index in [1.54, 1.807) is 12.1 Å². The second kappa shape index (κ2) is 10.1. The molecule has 0 aliphatic carbocycles. The number of nitrogens with one attached hydrogen (secondary N) is 2. The summed E-state index contributed by atoms with van der Waals surface area (Å²) in [5.41, 5.74) is 2.93. The quantitative estimate of drug-likeness (QED) is 0.642. The minimum absolute atomic E-state index is 0.111. The maximum Gasteiger partial charge on any atom is 0.306 e. The number of esters is 1. The number of ether oxygens (including phenoxy) is 1. The van der Waals surface area contributed by atoms with Crippen molar-refractivity contribution in [1.82, 2.24) is 0 Å². The number of halogens is 2. The molecule has 0 bridgehead atoms. The molecule has 0 aromatic heterocycles. The standard InChI is InChI=1S/C20H20Cl2N2O4/c1-12-3-4-13(2)16(9-12)23-19(26)11-28-20(27)8-7-18(25)24-17-10-14(21)5-6-15(17)22/h3-6,9-10H,7-8,11H2,1-2H3,(H,23,26)(H,24,25). The molecule has 0 aliphatic heterocycles. The maximum absolute atomic E-state index is 11.9. The summed E-state index contributed by atoms with van der Waals surface area (Å²) in [5, 5.41) is 6.03. The van der Waals surface area contributed by atoms with Crippen molar-refractivity contribution in [2.45, 2.75) is 26.7 Å². The average Bonchev–Trinajstić information content (AvgIpc) is 2.64. The maximum atomic E-state index is 11.9. The Bertz CT molecular complexity index is 828. The molecular weight excluding hydrogens is 403 g/mol. The van der Waals surface area contributed by atoms with E-state index in [-0.39, 0.29) is 12.8 Å². The summed E-state index contributed by atoms with van der Waals surface area (Å²) < 4.78 is 4.91. The summed E-state index contributed by atoms with van der Waals surface area (Å²) in [6, 6.07) is 10.3. The molecule has 2 aromatic rings. The summed E-state index contributed by atoms with van der Waals surface area (Å²) >= 11 is 11.8. The van der Waals surface area contributed by atoms with Crippen LogP contribution >= 0.6 is 23.2 Å². The number of carbonyl (C=O) groups is 3. The van der Waals surface area contributed by atoms with E-state index in [2.05, 4.69) is 10.6 Å². The molecule has 0 aliphatic rings. The van der Waals surface area contributed by atoms with Gasteiger partial charge < -0.3 is 15.4 Å². The Morgan fingerprint density at radius 2 is 1.61 bits per heavy atom. The molecule has 2 rings (SSSR count). The van der Waals surface area contributed by atoms with Gasteiger partial charge in [-0.1, -0.05) is 35.3 Å². The molecule has 0 atom stereocenters. The first-order valence-corrected chi connectivity index (χ1v) is 9.28. The Balaban J connectivity index is 1.74. The summed E-state index contributed by atoms with van der Waals surface area (Å²) in [6.45, 7) is 3.36. The van der Waals surface area contributed by atoms with Crippen molar-refractivity contribution >= 4 is 52.4 Å². The molecule has 2 aromatic carbocycles. The largest absolute Gasteiger partial charge is 0.456 e. The smallest absolute Gasteiger partial charge is 0.306 e. The van der Waals surface area contributed by atoms with Crippen LogP contribution in [0.4, 0.5) is 11.4 Å². The molecule has 0 saturated heterocycles. The van der Waals surface area contributed by atoms with Crippen LogP contribution in [0.25, 0.3) is 0 Å². The zero-order chi connectivity index (χ0) is 20.7. The zero-order valence-electron chi connectivity index (χ0n) is 15.5. The van der Waals surface area contributed by atoms with Gasteiger partial charge in [-0.05, 0) is 49.2 Å². The second-order valence-electron chi connectivity index (χ2n) is 6.20. The lowest BCUT2D eigenvalue weighted by Gasteiger charge is -2.10. The van der Waals surface area contributed by atoms with Gasteiger partial charge in [-0.15, -0.1) is 0 Å². The topological polar surface area (TPSA) is 84.5 Å². The van der Waals surface area contributed by atoms with Gasteiger partial charge >= 0.3 is 5.97 Å². The molecule has 6 nitrogen and oxygen atoms in total. The van der Waals surface area contributed by atoms with Crippen LogP contribution in [-0.4, -0.2) is 24.4 Å². The molecule has 148 valence electrons. The van der Waals surface area contributed by atoms with E-state index in [9.17, 15) is 14.4 Å². The van der Waals surface area contributed by atoms with Crippen molar-refractivity contribution in [2.75, 3.05) is 17.2 Å². The Kier molecular flexibility index (Phi) is 7.84. The molecule has 2 amide bonds. The monoisotopic (exact) mass is 422 g/mol. The van der Waals surface area contributed by atoms with Gasteiger partial charge in [0.25, 0.3) is 5.91 Å². The van der Waals surface area contributed by atoms with Crippen molar-refractivity contribution in [1.29, 1.82) is 0 Å². The number of rotatable bonds is 7. The number of hydrogen-bond donors (Lipinski definition) is 2. The van der Waals surface area contributed by atoms with E-state index in [1.165, 1.54) is 6.07 Å². The summed E-state index contributed by atoms with van der Waals surface area (Å²) in [7, 11) is 0. The van der Waals surface area contributed by atoms with E-state index in [1.807, 2.05) is 32.0 Å². The van der Waals surface area contributed by atoms with Crippen LogP contribution in [-0.2, 0) is 19.1 Å². The molecule has 28 heavy (non-hydrogen) atoms. The summed E-state index contributed by atoms with van der Waals surface area (Å²) in [4.78, 5) is 35.6. The summed E-state index contributed by atoms with van der Waals surface area (Å²) in [5.74, 6) is -1.51. The molecule has 0 unspecified atom stereocenters. The number of benzene rings is 2. The van der Waals surface area contributed by atoms with E-state index in [0.29, 0.717) is 21.4 Å². The highest BCUT2D eigenvalue weighted by Gasteiger charge is 2.12. The highest BCUT2D eigenvalue weighted by Crippen LogP contribution is 2.25. The fraction of sp³-hybridized carbons (Fsp3) is 0.250. The number of hydrogen-bond acceptors (Lipinski definition) is 4. The van der Waals surface area contributed by atoms with Gasteiger partial charge in [0.05, 0.1) is 17.1 Å². The van der Waals surface area contributed by atoms with Gasteiger partial charge in [0, 0.05) is 17.1 Å². The highest BCUT2D eigenvalue weighted by atomic mass is 35.5. The Morgan fingerprint density at radius 3 is 2.36 bits per heavy atom. The average molecular weight is 423 g/mol. The van der Waals surface area contributed by atoms with Crippen LogP contribution in [0, 0.1) is 13.8 Å². The predicted molar refractivity (Wildman–Crippen MR) is 110 cm³/mol. The van der Waals surface area contributed by atoms with Gasteiger partial charge in [0.2, 0.25) is 5.91 Å². The number of amides is 2. The molecule has 0 heterocycles. The Labute approximate surface area is 173 Å². The van der Waals surface area contributed by atoms with Crippen LogP contribution in [0.2, 0.25) is 10.0 Å². The molecule has 0 fully saturated rings. The van der Waals surface area contributed by atoms with Gasteiger partial charge in [-0.2, -0.15) is 0 Å². The van der Waals surface area contributed by atoms with E-state index >= 15 is 0 Å². The fourth-order valence-electron chi connectivity index (χ4n) is 2.30. The number of aryl methyl sites for hydroxylation is 2. The molecular formula is C20H20Cl2N2O4. The van der Waals surface area contributed by atoms with Crippen LogP contribution < -0.4 is 10.6 Å². The van der Waals surface area contributed by atoms with E-state index in [0.717, 1.165) is 11.1 Å². The number of anilines is 2. The van der Waals surface area contributed by atoms with E-state index in [4.69, 9.17) is 27.9 Å². The lowest BCUT2D eigenvalue weighted by atomic mass is 10.1. The zero-order valence-corrected chi connectivity index (χ0v) is 17.0. The molecule has 8 heteroatoms. The van der Waals surface area contributed by atoms with Gasteiger partial charge in [0.15, 0.2) is 6.61 Å². The SMILES string of the molecule is Cc1ccc(C)c(NC(=O)COC(=O)CCC(=O)Nc2cc(Cl)ccc2Cl)c1. The molecule has 0 spiro atoms. The van der Waals surface area contributed by atoms with Crippen molar-refractivity contribution in [3.63, 3.8) is 0 Å². The fourth-order valence-corrected chi connectivity index (χ4v) is 2.63. The third kappa shape index (κ3) is 6.87. The minimum Gasteiger partial charge on any atom is -0.456 e. The summed E-state index contributed by atoms with van der Waals surface area (Å²) in [6.07, 6.45) is -0.277. The van der Waals surface area contributed by atoms with Gasteiger partial charge in [-0.3, -0.25) is 14.4 Å². The highest BCUT2D eigenvalue weighted by molar-refractivity contribution is 6.35. The van der Waals surface area contributed by atoms with Crippen molar-refractivity contribution in [3.8, 4) is 0 Å². The molecule has 0 radical (unpaired) electrons. The van der Waals surface area contributed by atoms with Crippen LogP contribution in [0.15, 0.2) is 36.4 Å². The van der Waals surface area contributed by atoms with Gasteiger partial charge in [0.1, 0.15) is 0 Å². The van der Waals surface area contributed by atoms with Crippen molar-refractivity contribution in [2.24, 2.45) is 0 Å². The second-order valence-corrected chi connectivity index (χ2v) is 7.04. The number of carbonyl (C=O) groups excluding carboxylic acids is 3. The van der Waals surface area contributed by atoms with E-state index < -0.39 is 24.4 Å². The van der Waals surface area contributed by atoms with Crippen LogP contribution in [0.1, 0.15) is 24.0 Å². The van der Waals surface area contributed by atoms with Crippen LogP contribution in [0.5, 0.6) is 0 Å². The van der Waals surface area contributed by atoms with Crippen molar-refractivity contribution in [3.05, 3.63) is 57.6 Å². The normalized spacial score (nSPS) is 10.3. The predicted octanol–water partition coefficient (Wildman–Crippen LogP) is 4.51. The lowest BCUT2D eigenvalue weighted by Crippen LogP contribution is -2.22. The van der Waals surface area contributed by atoms with Crippen LogP contribution in [0.3, 0.4) is 0 Å². The minimum atomic E-state index is -0.650. The molecule has 0 saturated carbocycles. The first-order valence-electron chi connectivity index (χ1n) is 8.52. The third-order valence-corrected chi connectivity index (χ3v) is 4.35.